The average molecular weight is 307 g/mol. The second-order valence-corrected chi connectivity index (χ2v) is 5.83. The van der Waals surface area contributed by atoms with Crippen LogP contribution in [0.25, 0.3) is 5.69 Å². The average Bonchev–Trinajstić information content (AvgIpc) is 3.09. The van der Waals surface area contributed by atoms with Crippen LogP contribution in [0.3, 0.4) is 0 Å². The largest absolute Gasteiger partial charge is 0.295 e. The lowest BCUT2D eigenvalue weighted by molar-refractivity contribution is 0.253. The minimum atomic E-state index is 0.341. The minimum absolute atomic E-state index is 0.341. The molecular weight excluding hydrogens is 286 g/mol. The van der Waals surface area contributed by atoms with Crippen LogP contribution in [0.5, 0.6) is 0 Å². The molecule has 5 nitrogen and oxygen atoms in total. The SMILES string of the molecule is Cc1cc(CN(C)[C@@H](C)c2ccncc2)ccc1-n1cncn1. The highest BCUT2D eigenvalue weighted by Crippen LogP contribution is 2.21. The molecule has 0 aliphatic heterocycles. The minimum Gasteiger partial charge on any atom is -0.295 e. The fraction of sp³-hybridized carbons (Fsp3) is 0.278. The predicted molar refractivity (Wildman–Crippen MR) is 90.2 cm³/mol. The van der Waals surface area contributed by atoms with Crippen molar-refractivity contribution in [1.29, 1.82) is 0 Å². The molecule has 0 amide bonds. The van der Waals surface area contributed by atoms with E-state index in [0.29, 0.717) is 6.04 Å². The third-order valence-electron chi connectivity index (χ3n) is 4.21. The van der Waals surface area contributed by atoms with Crippen LogP contribution in [0.15, 0.2) is 55.4 Å². The molecule has 1 aromatic carbocycles. The first-order chi connectivity index (χ1) is 11.1. The molecule has 0 aliphatic rings. The van der Waals surface area contributed by atoms with E-state index in [1.165, 1.54) is 16.7 Å². The van der Waals surface area contributed by atoms with Gasteiger partial charge in [0.2, 0.25) is 0 Å². The van der Waals surface area contributed by atoms with E-state index < -0.39 is 0 Å². The van der Waals surface area contributed by atoms with Gasteiger partial charge in [0.1, 0.15) is 12.7 Å². The smallest absolute Gasteiger partial charge is 0.138 e. The van der Waals surface area contributed by atoms with Gasteiger partial charge in [-0.25, -0.2) is 9.67 Å². The Hall–Kier alpha value is -2.53. The summed E-state index contributed by atoms with van der Waals surface area (Å²) in [7, 11) is 2.14. The molecule has 0 N–H and O–H groups in total. The number of hydrogen-bond donors (Lipinski definition) is 0. The van der Waals surface area contributed by atoms with Crippen molar-refractivity contribution < 1.29 is 0 Å². The van der Waals surface area contributed by atoms with Crippen LogP contribution in [0.2, 0.25) is 0 Å². The molecule has 0 unspecified atom stereocenters. The molecule has 0 fully saturated rings. The summed E-state index contributed by atoms with van der Waals surface area (Å²) in [5.74, 6) is 0. The molecule has 2 aromatic heterocycles. The Kier molecular flexibility index (Phi) is 4.48. The third-order valence-corrected chi connectivity index (χ3v) is 4.21. The topological polar surface area (TPSA) is 46.8 Å². The lowest BCUT2D eigenvalue weighted by atomic mass is 10.1. The summed E-state index contributed by atoms with van der Waals surface area (Å²) >= 11 is 0. The van der Waals surface area contributed by atoms with Crippen LogP contribution in [0, 0.1) is 6.92 Å². The Labute approximate surface area is 136 Å². The highest BCUT2D eigenvalue weighted by Gasteiger charge is 2.12. The molecule has 3 rings (SSSR count). The van der Waals surface area contributed by atoms with Crippen molar-refractivity contribution in [3.63, 3.8) is 0 Å². The quantitative estimate of drug-likeness (QED) is 0.726. The standard InChI is InChI=1S/C18H21N5/c1-14-10-16(4-5-18(14)23-13-20-12-21-23)11-22(3)15(2)17-6-8-19-9-7-17/h4-10,12-13,15H,11H2,1-3H3/t15-/m0/s1. The zero-order valence-corrected chi connectivity index (χ0v) is 13.7. The van der Waals surface area contributed by atoms with Crippen molar-refractivity contribution in [3.05, 3.63) is 72.1 Å². The van der Waals surface area contributed by atoms with Gasteiger partial charge in [-0.05, 0) is 55.8 Å². The first-order valence-corrected chi connectivity index (χ1v) is 7.70. The number of aryl methyl sites for hydroxylation is 1. The zero-order chi connectivity index (χ0) is 16.2. The van der Waals surface area contributed by atoms with E-state index in [2.05, 4.69) is 71.2 Å². The van der Waals surface area contributed by atoms with Crippen molar-refractivity contribution in [2.75, 3.05) is 7.05 Å². The van der Waals surface area contributed by atoms with E-state index in [-0.39, 0.29) is 0 Å². The van der Waals surface area contributed by atoms with Crippen molar-refractivity contribution in [2.45, 2.75) is 26.4 Å². The van der Waals surface area contributed by atoms with Crippen molar-refractivity contribution >= 4 is 0 Å². The maximum Gasteiger partial charge on any atom is 0.138 e. The number of pyridine rings is 1. The molecule has 0 aliphatic carbocycles. The highest BCUT2D eigenvalue weighted by atomic mass is 15.3. The van der Waals surface area contributed by atoms with Gasteiger partial charge in [-0.15, -0.1) is 0 Å². The van der Waals surface area contributed by atoms with Gasteiger partial charge in [0.25, 0.3) is 0 Å². The molecule has 0 radical (unpaired) electrons. The van der Waals surface area contributed by atoms with Gasteiger partial charge in [0, 0.05) is 25.0 Å². The Bertz CT molecular complexity index is 752. The third kappa shape index (κ3) is 3.46. The predicted octanol–water partition coefficient (Wildman–Crippen LogP) is 3.16. The molecule has 23 heavy (non-hydrogen) atoms. The first-order valence-electron chi connectivity index (χ1n) is 7.70. The Morgan fingerprint density at radius 1 is 1.13 bits per heavy atom. The van der Waals surface area contributed by atoms with Crippen molar-refractivity contribution in [2.24, 2.45) is 0 Å². The van der Waals surface area contributed by atoms with Gasteiger partial charge in [-0.1, -0.05) is 12.1 Å². The van der Waals surface area contributed by atoms with Gasteiger partial charge in [-0.3, -0.25) is 9.88 Å². The normalized spacial score (nSPS) is 12.5. The van der Waals surface area contributed by atoms with E-state index in [0.717, 1.165) is 12.2 Å². The molecule has 5 heteroatoms. The lowest BCUT2D eigenvalue weighted by Crippen LogP contribution is -2.22. The number of benzene rings is 1. The second kappa shape index (κ2) is 6.71. The highest BCUT2D eigenvalue weighted by molar-refractivity contribution is 5.41. The number of rotatable bonds is 5. The van der Waals surface area contributed by atoms with E-state index >= 15 is 0 Å². The maximum absolute atomic E-state index is 4.20. The van der Waals surface area contributed by atoms with E-state index in [1.807, 2.05) is 12.4 Å². The van der Waals surface area contributed by atoms with Gasteiger partial charge >= 0.3 is 0 Å². The number of hydrogen-bond acceptors (Lipinski definition) is 4. The van der Waals surface area contributed by atoms with Gasteiger partial charge < -0.3 is 0 Å². The van der Waals surface area contributed by atoms with Gasteiger partial charge in [-0.2, -0.15) is 5.10 Å². The molecule has 1 atom stereocenters. The molecule has 3 aromatic rings. The van der Waals surface area contributed by atoms with E-state index in [9.17, 15) is 0 Å². The Balaban J connectivity index is 1.74. The van der Waals surface area contributed by atoms with Crippen LogP contribution in [0.1, 0.15) is 29.7 Å². The summed E-state index contributed by atoms with van der Waals surface area (Å²) in [5, 5.41) is 4.20. The molecule has 118 valence electrons. The van der Waals surface area contributed by atoms with Crippen LogP contribution in [0.4, 0.5) is 0 Å². The Morgan fingerprint density at radius 3 is 2.57 bits per heavy atom. The summed E-state index contributed by atoms with van der Waals surface area (Å²) in [6.45, 7) is 5.21. The molecular formula is C18H21N5. The molecule has 0 saturated heterocycles. The first kappa shape index (κ1) is 15.4. The summed E-state index contributed by atoms with van der Waals surface area (Å²) in [5.41, 5.74) is 4.82. The van der Waals surface area contributed by atoms with E-state index in [1.54, 1.807) is 17.3 Å². The lowest BCUT2D eigenvalue weighted by Gasteiger charge is -2.25. The second-order valence-electron chi connectivity index (χ2n) is 5.83. The van der Waals surface area contributed by atoms with Crippen LogP contribution in [-0.4, -0.2) is 31.7 Å². The van der Waals surface area contributed by atoms with Gasteiger partial charge in [0.15, 0.2) is 0 Å². The zero-order valence-electron chi connectivity index (χ0n) is 13.7. The van der Waals surface area contributed by atoms with Crippen molar-refractivity contribution in [1.82, 2.24) is 24.6 Å². The van der Waals surface area contributed by atoms with Crippen LogP contribution >= 0.6 is 0 Å². The molecule has 0 bridgehead atoms. The van der Waals surface area contributed by atoms with Crippen molar-refractivity contribution in [3.8, 4) is 5.69 Å². The van der Waals surface area contributed by atoms with Crippen LogP contribution < -0.4 is 0 Å². The molecule has 0 saturated carbocycles. The number of nitrogens with zero attached hydrogens (tertiary/aromatic N) is 5. The Morgan fingerprint density at radius 2 is 1.91 bits per heavy atom. The maximum atomic E-state index is 4.20. The fourth-order valence-electron chi connectivity index (χ4n) is 2.73. The van der Waals surface area contributed by atoms with Gasteiger partial charge in [0.05, 0.1) is 5.69 Å². The monoisotopic (exact) mass is 307 g/mol. The fourth-order valence-corrected chi connectivity index (χ4v) is 2.73. The van der Waals surface area contributed by atoms with E-state index in [4.69, 9.17) is 0 Å². The molecule has 0 spiro atoms. The number of aromatic nitrogens is 4. The summed E-state index contributed by atoms with van der Waals surface area (Å²) in [6.07, 6.45) is 6.96. The summed E-state index contributed by atoms with van der Waals surface area (Å²) in [6, 6.07) is 10.9. The summed E-state index contributed by atoms with van der Waals surface area (Å²) in [4.78, 5) is 10.4. The van der Waals surface area contributed by atoms with Crippen LogP contribution in [-0.2, 0) is 6.54 Å². The molecule has 2 heterocycles. The summed E-state index contributed by atoms with van der Waals surface area (Å²) < 4.78 is 1.79.